The molecule has 4 amide bonds. The monoisotopic (exact) mass is 642 g/mol. The molecule has 0 saturated carbocycles. The van der Waals surface area contributed by atoms with E-state index in [0.717, 1.165) is 17.4 Å². The van der Waals surface area contributed by atoms with Crippen molar-refractivity contribution in [1.82, 2.24) is 21.3 Å². The van der Waals surface area contributed by atoms with Gasteiger partial charge in [0.1, 0.15) is 18.3 Å². The van der Waals surface area contributed by atoms with Gasteiger partial charge in [0.15, 0.2) is 0 Å². The first kappa shape index (κ1) is 34.8. The number of methoxy groups -OCH3 is 1. The molecule has 2 aromatic carbocycles. The number of amides is 4. The molecular weight excluding hydrogens is 621 g/mol. The second-order valence-corrected chi connectivity index (χ2v) is 8.99. The van der Waals surface area contributed by atoms with Gasteiger partial charge in [-0.05, 0) is 29.8 Å². The lowest BCUT2D eigenvalue weighted by atomic mass is 10.1. The number of alkyl halides is 7. The van der Waals surface area contributed by atoms with E-state index in [0.29, 0.717) is 0 Å². The van der Waals surface area contributed by atoms with Crippen LogP contribution in [0.4, 0.5) is 30.7 Å². The molecule has 10 nitrogen and oxygen atoms in total. The number of Topliss-reactive ketones (excluding diaryl/α,β-unsaturated/α-hetero) is 1. The van der Waals surface area contributed by atoms with Crippen molar-refractivity contribution in [2.24, 2.45) is 0 Å². The molecule has 0 spiro atoms. The molecule has 0 saturated heterocycles. The van der Waals surface area contributed by atoms with Gasteiger partial charge in [-0.15, -0.1) is 0 Å². The number of carbonyl (C=O) groups excluding carboxylic acids is 5. The maximum Gasteiger partial charge on any atom is 0.405 e. The zero-order chi connectivity index (χ0) is 32.6. The van der Waals surface area contributed by atoms with E-state index < -0.39 is 78.7 Å². The Balaban J connectivity index is 2.12. The average molecular weight is 643 g/mol. The molecule has 0 aliphatic heterocycles. The van der Waals surface area contributed by atoms with Gasteiger partial charge in [0.25, 0.3) is 11.8 Å². The highest BCUT2D eigenvalue weighted by molar-refractivity contribution is 6.30. The number of hydrogen-bond acceptors (Lipinski definition) is 6. The van der Waals surface area contributed by atoms with Crippen molar-refractivity contribution >= 4 is 41.0 Å². The number of ketones is 1. The van der Waals surface area contributed by atoms with Gasteiger partial charge in [-0.1, -0.05) is 35.9 Å². The first-order valence-corrected chi connectivity index (χ1v) is 12.2. The lowest BCUT2D eigenvalue weighted by Crippen LogP contribution is -2.52. The predicted molar refractivity (Wildman–Crippen MR) is 134 cm³/mol. The van der Waals surface area contributed by atoms with Crippen molar-refractivity contribution in [2.75, 3.05) is 26.7 Å². The highest BCUT2D eigenvalue weighted by Gasteiger charge is 2.48. The Morgan fingerprint density at radius 2 is 1.47 bits per heavy atom. The zero-order valence-corrected chi connectivity index (χ0v) is 22.5. The van der Waals surface area contributed by atoms with Crippen LogP contribution in [0.25, 0.3) is 0 Å². The van der Waals surface area contributed by atoms with Crippen LogP contribution in [-0.2, 0) is 29.9 Å². The molecule has 18 heteroatoms. The molecule has 4 N–H and O–H groups in total. The first-order chi connectivity index (χ1) is 19.9. The highest BCUT2D eigenvalue weighted by Crippen LogP contribution is 2.30. The molecule has 2 rings (SSSR count). The highest BCUT2D eigenvalue weighted by atomic mass is 35.5. The third-order valence-electron chi connectivity index (χ3n) is 5.41. The molecule has 0 fully saturated rings. The van der Waals surface area contributed by atoms with E-state index in [9.17, 15) is 54.7 Å². The fourth-order valence-electron chi connectivity index (χ4n) is 3.19. The molecule has 2 aromatic rings. The second kappa shape index (κ2) is 14.2. The van der Waals surface area contributed by atoms with Crippen molar-refractivity contribution < 1.29 is 59.4 Å². The maximum absolute atomic E-state index is 14.5. The Hall–Kier alpha value is -4.41. The summed E-state index contributed by atoms with van der Waals surface area (Å²) in [5, 5.41) is 6.25. The minimum atomic E-state index is -5.04. The SMILES string of the molecule is COc1ccc([C@H](NC(=O)CNC(=O)C(F)(F)c2cccc(Cl)c2)C(=O)NCC(=O)C(F)(F)C(=O)NCC(F)(F)F)cc1. The van der Waals surface area contributed by atoms with Crippen LogP contribution < -0.4 is 26.0 Å². The Morgan fingerprint density at radius 3 is 2.02 bits per heavy atom. The van der Waals surface area contributed by atoms with E-state index in [2.05, 4.69) is 5.32 Å². The molecule has 0 unspecified atom stereocenters. The Labute approximate surface area is 243 Å². The summed E-state index contributed by atoms with van der Waals surface area (Å²) in [6.07, 6.45) is -5.04. The van der Waals surface area contributed by atoms with E-state index in [4.69, 9.17) is 16.3 Å². The van der Waals surface area contributed by atoms with Gasteiger partial charge in [-0.2, -0.15) is 30.7 Å². The summed E-state index contributed by atoms with van der Waals surface area (Å²) in [5.74, 6) is -18.1. The summed E-state index contributed by atoms with van der Waals surface area (Å²) < 4.78 is 98.5. The fourth-order valence-corrected chi connectivity index (χ4v) is 3.38. The third kappa shape index (κ3) is 9.83. The van der Waals surface area contributed by atoms with Crippen LogP contribution in [0, 0.1) is 0 Å². The average Bonchev–Trinajstić information content (AvgIpc) is 2.95. The van der Waals surface area contributed by atoms with Crippen LogP contribution in [0.15, 0.2) is 48.5 Å². The third-order valence-corrected chi connectivity index (χ3v) is 5.64. The van der Waals surface area contributed by atoms with Crippen molar-refractivity contribution in [3.63, 3.8) is 0 Å². The number of hydrogen-bond donors (Lipinski definition) is 4. The smallest absolute Gasteiger partial charge is 0.405 e. The minimum Gasteiger partial charge on any atom is -0.497 e. The quantitative estimate of drug-likeness (QED) is 0.195. The molecule has 0 aliphatic carbocycles. The summed E-state index contributed by atoms with van der Waals surface area (Å²) in [6.45, 7) is -4.80. The lowest BCUT2D eigenvalue weighted by Gasteiger charge is -2.21. The molecule has 0 bridgehead atoms. The summed E-state index contributed by atoms with van der Waals surface area (Å²) in [6, 6.07) is 7.53. The van der Waals surface area contributed by atoms with Gasteiger partial charge in [0, 0.05) is 10.6 Å². The van der Waals surface area contributed by atoms with Crippen molar-refractivity contribution in [2.45, 2.75) is 24.1 Å². The number of carbonyl (C=O) groups is 5. The van der Waals surface area contributed by atoms with Crippen molar-refractivity contribution in [3.8, 4) is 5.75 Å². The zero-order valence-electron chi connectivity index (χ0n) is 21.8. The van der Waals surface area contributed by atoms with Gasteiger partial charge in [-0.25, -0.2) is 0 Å². The number of nitrogens with one attached hydrogen (secondary N) is 4. The van der Waals surface area contributed by atoms with Crippen molar-refractivity contribution in [3.05, 3.63) is 64.7 Å². The normalized spacial score (nSPS) is 12.5. The largest absolute Gasteiger partial charge is 0.497 e. The Bertz CT molecular complexity index is 1360. The summed E-state index contributed by atoms with van der Waals surface area (Å²) in [5.41, 5.74) is -0.814. The molecular formula is C25H22ClF7N4O6. The number of benzene rings is 2. The lowest BCUT2D eigenvalue weighted by molar-refractivity contribution is -0.163. The van der Waals surface area contributed by atoms with Gasteiger partial charge in [0.2, 0.25) is 17.6 Å². The Kier molecular flexibility index (Phi) is 11.5. The van der Waals surface area contributed by atoms with Gasteiger partial charge in [-0.3, -0.25) is 24.0 Å². The number of ether oxygens (including phenoxy) is 1. The van der Waals surface area contributed by atoms with Crippen LogP contribution >= 0.6 is 11.6 Å². The molecule has 43 heavy (non-hydrogen) atoms. The fraction of sp³-hybridized carbons (Fsp3) is 0.320. The summed E-state index contributed by atoms with van der Waals surface area (Å²) >= 11 is 5.66. The standard InChI is InChI=1S/C25H22ClF7N4O6/c1-43-16-7-5-13(6-8-16)19(20(40)34-10-17(38)25(32,33)22(42)36-12-23(27,28)29)37-18(39)11-35-21(41)24(30,31)14-3-2-4-15(26)9-14/h2-9,19H,10-12H2,1H3,(H,34,40)(H,35,41)(H,36,42)(H,37,39)/t19-/m0/s1. The Morgan fingerprint density at radius 1 is 0.837 bits per heavy atom. The first-order valence-electron chi connectivity index (χ1n) is 11.8. The van der Waals surface area contributed by atoms with E-state index in [1.807, 2.05) is 0 Å². The minimum absolute atomic E-state index is 0.0376. The van der Waals surface area contributed by atoms with Crippen LogP contribution in [-0.4, -0.2) is 68.3 Å². The molecule has 0 radical (unpaired) electrons. The van der Waals surface area contributed by atoms with E-state index >= 15 is 0 Å². The van der Waals surface area contributed by atoms with E-state index in [-0.39, 0.29) is 16.3 Å². The molecule has 234 valence electrons. The molecule has 0 heterocycles. The van der Waals surface area contributed by atoms with Crippen LogP contribution in [0.5, 0.6) is 5.75 Å². The topological polar surface area (TPSA) is 143 Å². The number of halogens is 8. The van der Waals surface area contributed by atoms with Crippen LogP contribution in [0.2, 0.25) is 5.02 Å². The number of rotatable bonds is 13. The van der Waals surface area contributed by atoms with Crippen LogP contribution in [0.1, 0.15) is 17.2 Å². The second-order valence-electron chi connectivity index (χ2n) is 8.55. The predicted octanol–water partition coefficient (Wildman–Crippen LogP) is 2.41. The van der Waals surface area contributed by atoms with Crippen LogP contribution in [0.3, 0.4) is 0 Å². The van der Waals surface area contributed by atoms with Gasteiger partial charge >= 0.3 is 18.0 Å². The molecule has 0 aromatic heterocycles. The summed E-state index contributed by atoms with van der Waals surface area (Å²) in [7, 11) is 1.31. The van der Waals surface area contributed by atoms with E-state index in [1.165, 1.54) is 43.5 Å². The van der Waals surface area contributed by atoms with Crippen molar-refractivity contribution in [1.29, 1.82) is 0 Å². The maximum atomic E-state index is 14.5. The van der Waals surface area contributed by atoms with Gasteiger partial charge in [0.05, 0.1) is 20.2 Å². The van der Waals surface area contributed by atoms with E-state index in [1.54, 1.807) is 10.6 Å². The summed E-state index contributed by atoms with van der Waals surface area (Å²) in [4.78, 5) is 60.6. The molecule has 0 aliphatic rings. The molecule has 1 atom stereocenters. The van der Waals surface area contributed by atoms with Gasteiger partial charge < -0.3 is 26.0 Å².